The van der Waals surface area contributed by atoms with Gasteiger partial charge in [-0.2, -0.15) is 5.26 Å². The average Bonchev–Trinajstić information content (AvgIpc) is 2.78. The minimum absolute atomic E-state index is 0.141. The van der Waals surface area contributed by atoms with Gasteiger partial charge in [0.1, 0.15) is 24.0 Å². The third-order valence-electron chi connectivity index (χ3n) is 4.36. The molecule has 0 fully saturated rings. The third kappa shape index (κ3) is 5.88. The number of carboxylic acid groups (broad SMARTS) is 1. The number of ether oxygens (including phenoxy) is 1. The molecule has 0 unspecified atom stereocenters. The predicted octanol–water partition coefficient (Wildman–Crippen LogP) is 5.82. The van der Waals surface area contributed by atoms with Gasteiger partial charge in [0.15, 0.2) is 0 Å². The average molecular weight is 467 g/mol. The van der Waals surface area contributed by atoms with Crippen LogP contribution in [0.3, 0.4) is 0 Å². The number of carbonyl (C=O) groups excluding carboxylic acids is 1. The quantitative estimate of drug-likeness (QED) is 0.337. The lowest BCUT2D eigenvalue weighted by Gasteiger charge is -2.10. The van der Waals surface area contributed by atoms with Crippen LogP contribution in [-0.2, 0) is 11.4 Å². The first-order chi connectivity index (χ1) is 15.4. The second-order valence-corrected chi connectivity index (χ2v) is 7.42. The number of para-hydroxylation sites is 1. The molecule has 0 bridgehead atoms. The van der Waals surface area contributed by atoms with Crippen molar-refractivity contribution in [2.45, 2.75) is 6.61 Å². The Morgan fingerprint density at radius 3 is 2.44 bits per heavy atom. The lowest BCUT2D eigenvalue weighted by atomic mass is 10.1. The molecule has 2 N–H and O–H groups in total. The largest absolute Gasteiger partial charge is 0.488 e. The minimum atomic E-state index is -1.00. The van der Waals surface area contributed by atoms with Crippen LogP contribution >= 0.6 is 23.2 Å². The Bertz CT molecular complexity index is 1230. The lowest BCUT2D eigenvalue weighted by molar-refractivity contribution is -0.112. The van der Waals surface area contributed by atoms with Crippen molar-refractivity contribution >= 4 is 46.8 Å². The first-order valence-electron chi connectivity index (χ1n) is 9.29. The van der Waals surface area contributed by atoms with E-state index in [1.54, 1.807) is 48.5 Å². The molecule has 0 aliphatic rings. The van der Waals surface area contributed by atoms with Gasteiger partial charge >= 0.3 is 5.97 Å². The highest BCUT2D eigenvalue weighted by Crippen LogP contribution is 2.27. The summed E-state index contributed by atoms with van der Waals surface area (Å²) < 4.78 is 5.83. The number of nitrogens with zero attached hydrogens (tertiary/aromatic N) is 1. The van der Waals surface area contributed by atoms with E-state index in [0.717, 1.165) is 5.56 Å². The highest BCUT2D eigenvalue weighted by atomic mass is 35.5. The van der Waals surface area contributed by atoms with Crippen molar-refractivity contribution in [3.63, 3.8) is 0 Å². The van der Waals surface area contributed by atoms with Crippen LogP contribution in [0.25, 0.3) is 6.08 Å². The number of benzene rings is 3. The van der Waals surface area contributed by atoms with E-state index in [9.17, 15) is 14.9 Å². The molecule has 8 heteroatoms. The maximum absolute atomic E-state index is 12.6. The molecule has 32 heavy (non-hydrogen) atoms. The molecular weight excluding hydrogens is 451 g/mol. The fourth-order valence-electron chi connectivity index (χ4n) is 2.72. The van der Waals surface area contributed by atoms with E-state index in [1.807, 2.05) is 6.07 Å². The van der Waals surface area contributed by atoms with Crippen molar-refractivity contribution in [3.8, 4) is 11.8 Å². The number of halogens is 2. The van der Waals surface area contributed by atoms with Crippen LogP contribution in [0, 0.1) is 11.3 Å². The van der Waals surface area contributed by atoms with Gasteiger partial charge in [-0.15, -0.1) is 0 Å². The maximum Gasteiger partial charge on any atom is 0.335 e. The summed E-state index contributed by atoms with van der Waals surface area (Å²) >= 11 is 11.9. The molecule has 0 saturated carbocycles. The summed E-state index contributed by atoms with van der Waals surface area (Å²) in [5.41, 5.74) is 1.67. The highest BCUT2D eigenvalue weighted by Gasteiger charge is 2.13. The number of amides is 1. The number of aromatic carboxylic acids is 1. The molecule has 0 saturated heterocycles. The zero-order valence-electron chi connectivity index (χ0n) is 16.5. The summed E-state index contributed by atoms with van der Waals surface area (Å²) in [6.07, 6.45) is 1.42. The molecule has 3 aromatic rings. The van der Waals surface area contributed by atoms with Crippen molar-refractivity contribution in [1.82, 2.24) is 0 Å². The van der Waals surface area contributed by atoms with Gasteiger partial charge in [0.25, 0.3) is 5.91 Å². The van der Waals surface area contributed by atoms with Crippen molar-refractivity contribution in [2.75, 3.05) is 5.32 Å². The van der Waals surface area contributed by atoms with E-state index < -0.39 is 11.9 Å². The van der Waals surface area contributed by atoms with Gasteiger partial charge < -0.3 is 15.2 Å². The van der Waals surface area contributed by atoms with Gasteiger partial charge in [-0.25, -0.2) is 4.79 Å². The summed E-state index contributed by atoms with van der Waals surface area (Å²) in [7, 11) is 0. The Balaban J connectivity index is 1.77. The van der Waals surface area contributed by atoms with Crippen molar-refractivity contribution in [3.05, 3.63) is 99.0 Å². The number of anilines is 1. The van der Waals surface area contributed by atoms with Gasteiger partial charge in [0, 0.05) is 10.6 Å². The van der Waals surface area contributed by atoms with Crippen molar-refractivity contribution < 1.29 is 19.4 Å². The van der Waals surface area contributed by atoms with E-state index >= 15 is 0 Å². The standard InChI is InChI=1S/C24H16Cl2N2O4/c25-19-9-10-21(20(26)12-19)28-23(29)18(13-27)11-17-3-1-2-4-22(17)32-14-15-5-7-16(8-6-15)24(30)31/h1-12H,14H2,(H,28,29)(H,30,31)/b18-11-. The summed E-state index contributed by atoms with van der Waals surface area (Å²) in [6, 6.07) is 19.7. The Labute approximate surface area is 194 Å². The smallest absolute Gasteiger partial charge is 0.335 e. The SMILES string of the molecule is N#C/C(=C/c1ccccc1OCc1ccc(C(=O)O)cc1)C(=O)Nc1ccc(Cl)cc1Cl. The van der Waals surface area contributed by atoms with Gasteiger partial charge in [0.05, 0.1) is 16.3 Å². The first kappa shape index (κ1) is 22.9. The van der Waals surface area contributed by atoms with Gasteiger partial charge in [-0.05, 0) is 48.0 Å². The molecule has 0 aliphatic heterocycles. The molecule has 0 spiro atoms. The molecule has 0 aliphatic carbocycles. The Hall–Kier alpha value is -3.79. The number of hydrogen-bond acceptors (Lipinski definition) is 4. The number of carboxylic acids is 1. The van der Waals surface area contributed by atoms with E-state index in [0.29, 0.717) is 22.0 Å². The second-order valence-electron chi connectivity index (χ2n) is 6.58. The molecule has 0 radical (unpaired) electrons. The zero-order valence-corrected chi connectivity index (χ0v) is 18.0. The molecule has 3 aromatic carbocycles. The number of carbonyl (C=O) groups is 2. The monoisotopic (exact) mass is 466 g/mol. The van der Waals surface area contributed by atoms with E-state index in [2.05, 4.69) is 5.32 Å². The minimum Gasteiger partial charge on any atom is -0.488 e. The van der Waals surface area contributed by atoms with E-state index in [-0.39, 0.29) is 22.8 Å². The molecule has 0 heterocycles. The van der Waals surface area contributed by atoms with Crippen molar-refractivity contribution in [1.29, 1.82) is 5.26 Å². The molecule has 0 atom stereocenters. The predicted molar refractivity (Wildman–Crippen MR) is 123 cm³/mol. The number of nitrogens with one attached hydrogen (secondary N) is 1. The summed E-state index contributed by atoms with van der Waals surface area (Å²) in [5, 5.41) is 21.7. The van der Waals surface area contributed by atoms with E-state index in [1.165, 1.54) is 24.3 Å². The van der Waals surface area contributed by atoms with Crippen LogP contribution < -0.4 is 10.1 Å². The topological polar surface area (TPSA) is 99.4 Å². The molecule has 1 amide bonds. The van der Waals surface area contributed by atoms with Crippen LogP contribution in [-0.4, -0.2) is 17.0 Å². The lowest BCUT2D eigenvalue weighted by Crippen LogP contribution is -2.13. The maximum atomic E-state index is 12.6. The normalized spacial score (nSPS) is 10.8. The zero-order chi connectivity index (χ0) is 23.1. The fourth-order valence-corrected chi connectivity index (χ4v) is 3.18. The summed E-state index contributed by atoms with van der Waals surface area (Å²) in [5.74, 6) is -1.18. The second kappa shape index (κ2) is 10.5. The Morgan fingerprint density at radius 1 is 1.06 bits per heavy atom. The first-order valence-corrected chi connectivity index (χ1v) is 10.0. The van der Waals surface area contributed by atoms with Crippen LogP contribution in [0.4, 0.5) is 5.69 Å². The van der Waals surface area contributed by atoms with Crippen LogP contribution in [0.5, 0.6) is 5.75 Å². The highest BCUT2D eigenvalue weighted by molar-refractivity contribution is 6.36. The molecule has 0 aromatic heterocycles. The Morgan fingerprint density at radius 2 is 1.78 bits per heavy atom. The summed E-state index contributed by atoms with van der Waals surface area (Å²) in [4.78, 5) is 23.5. The van der Waals surface area contributed by atoms with Crippen LogP contribution in [0.2, 0.25) is 10.0 Å². The van der Waals surface area contributed by atoms with Gasteiger partial charge in [-0.3, -0.25) is 4.79 Å². The Kier molecular flexibility index (Phi) is 7.50. The number of nitriles is 1. The molecular formula is C24H16Cl2N2O4. The van der Waals surface area contributed by atoms with Gasteiger partial charge in [-0.1, -0.05) is 53.5 Å². The fraction of sp³-hybridized carbons (Fsp3) is 0.0417. The number of hydrogen-bond donors (Lipinski definition) is 2. The van der Waals surface area contributed by atoms with Crippen LogP contribution in [0.1, 0.15) is 21.5 Å². The molecule has 6 nitrogen and oxygen atoms in total. The summed E-state index contributed by atoms with van der Waals surface area (Å²) in [6.45, 7) is 0.180. The van der Waals surface area contributed by atoms with Crippen LogP contribution in [0.15, 0.2) is 72.3 Å². The van der Waals surface area contributed by atoms with Gasteiger partial charge in [0.2, 0.25) is 0 Å². The molecule has 160 valence electrons. The van der Waals surface area contributed by atoms with Crippen molar-refractivity contribution in [2.24, 2.45) is 0 Å². The third-order valence-corrected chi connectivity index (χ3v) is 4.91. The molecule has 3 rings (SSSR count). The number of rotatable bonds is 7. The van der Waals surface area contributed by atoms with E-state index in [4.69, 9.17) is 33.0 Å².